The molecule has 2 aromatic carbocycles. The van der Waals surface area contributed by atoms with Crippen LogP contribution in [0.1, 0.15) is 15.9 Å². The number of anilines is 1. The van der Waals surface area contributed by atoms with E-state index >= 15 is 0 Å². The monoisotopic (exact) mass is 278 g/mol. The molecular formula is C14H12ClFN2O. The minimum Gasteiger partial charge on any atom is -0.379 e. The third-order valence-electron chi connectivity index (χ3n) is 2.68. The van der Waals surface area contributed by atoms with Crippen LogP contribution in [0.25, 0.3) is 0 Å². The van der Waals surface area contributed by atoms with Gasteiger partial charge < -0.3 is 11.1 Å². The molecule has 0 aliphatic rings. The number of amides is 1. The Morgan fingerprint density at radius 1 is 1.26 bits per heavy atom. The summed E-state index contributed by atoms with van der Waals surface area (Å²) in [6.45, 7) is 0.360. The number of hydrogen-bond acceptors (Lipinski definition) is 2. The summed E-state index contributed by atoms with van der Waals surface area (Å²) in [5.74, 6) is -1.04. The Labute approximate surface area is 115 Å². The molecule has 0 saturated heterocycles. The Kier molecular flexibility index (Phi) is 4.02. The van der Waals surface area contributed by atoms with E-state index in [-0.39, 0.29) is 11.3 Å². The van der Waals surface area contributed by atoms with Crippen LogP contribution in [0.2, 0.25) is 5.02 Å². The fourth-order valence-corrected chi connectivity index (χ4v) is 1.85. The summed E-state index contributed by atoms with van der Waals surface area (Å²) in [5.41, 5.74) is 6.47. The smallest absolute Gasteiger partial charge is 0.248 e. The highest BCUT2D eigenvalue weighted by molar-refractivity contribution is 6.31. The molecule has 98 valence electrons. The summed E-state index contributed by atoms with van der Waals surface area (Å²) in [4.78, 5) is 11.0. The number of carbonyl (C=O) groups excluding carboxylic acids is 1. The van der Waals surface area contributed by atoms with Gasteiger partial charge in [-0.3, -0.25) is 4.79 Å². The van der Waals surface area contributed by atoms with E-state index in [0.717, 1.165) is 5.56 Å². The van der Waals surface area contributed by atoms with E-state index in [4.69, 9.17) is 17.3 Å². The number of rotatable bonds is 4. The summed E-state index contributed by atoms with van der Waals surface area (Å²) >= 11 is 6.00. The van der Waals surface area contributed by atoms with Gasteiger partial charge in [0.05, 0.1) is 5.69 Å². The van der Waals surface area contributed by atoms with Gasteiger partial charge in [-0.1, -0.05) is 29.8 Å². The maximum Gasteiger partial charge on any atom is 0.248 e. The van der Waals surface area contributed by atoms with Crippen molar-refractivity contribution in [1.29, 1.82) is 0 Å². The van der Waals surface area contributed by atoms with Crippen LogP contribution >= 0.6 is 11.6 Å². The first-order chi connectivity index (χ1) is 9.08. The Morgan fingerprint density at radius 2 is 2.00 bits per heavy atom. The van der Waals surface area contributed by atoms with E-state index < -0.39 is 11.7 Å². The van der Waals surface area contributed by atoms with E-state index in [1.54, 1.807) is 6.07 Å². The Morgan fingerprint density at radius 3 is 2.68 bits per heavy atom. The maximum absolute atomic E-state index is 13.6. The highest BCUT2D eigenvalue weighted by atomic mass is 35.5. The van der Waals surface area contributed by atoms with Gasteiger partial charge in [0.1, 0.15) is 5.82 Å². The molecule has 5 heteroatoms. The number of hydrogen-bond donors (Lipinski definition) is 2. The lowest BCUT2D eigenvalue weighted by Crippen LogP contribution is -2.12. The number of nitrogens with one attached hydrogen (secondary N) is 1. The molecule has 0 fully saturated rings. The highest BCUT2D eigenvalue weighted by Gasteiger charge is 2.07. The predicted octanol–water partition coefficient (Wildman–Crippen LogP) is 3.19. The van der Waals surface area contributed by atoms with Crippen molar-refractivity contribution in [3.8, 4) is 0 Å². The van der Waals surface area contributed by atoms with Gasteiger partial charge in [0, 0.05) is 17.1 Å². The van der Waals surface area contributed by atoms with Crippen LogP contribution in [0.5, 0.6) is 0 Å². The molecule has 0 atom stereocenters. The van der Waals surface area contributed by atoms with Crippen LogP contribution in [0, 0.1) is 5.82 Å². The van der Waals surface area contributed by atoms with Crippen LogP contribution in [0.4, 0.5) is 10.1 Å². The highest BCUT2D eigenvalue weighted by Crippen LogP contribution is 2.20. The first kappa shape index (κ1) is 13.4. The molecule has 0 aliphatic heterocycles. The fourth-order valence-electron chi connectivity index (χ4n) is 1.65. The normalized spacial score (nSPS) is 10.2. The maximum atomic E-state index is 13.6. The molecule has 0 radical (unpaired) electrons. The van der Waals surface area contributed by atoms with Crippen molar-refractivity contribution in [2.24, 2.45) is 5.73 Å². The van der Waals surface area contributed by atoms with Gasteiger partial charge in [-0.05, 0) is 29.8 Å². The summed E-state index contributed by atoms with van der Waals surface area (Å²) < 4.78 is 13.6. The van der Waals surface area contributed by atoms with Crippen molar-refractivity contribution in [3.05, 3.63) is 64.4 Å². The average molecular weight is 279 g/mol. The second-order valence-electron chi connectivity index (χ2n) is 4.00. The van der Waals surface area contributed by atoms with Gasteiger partial charge in [0.25, 0.3) is 0 Å². The van der Waals surface area contributed by atoms with Crippen molar-refractivity contribution in [2.45, 2.75) is 6.54 Å². The van der Waals surface area contributed by atoms with Crippen LogP contribution in [0.15, 0.2) is 42.5 Å². The lowest BCUT2D eigenvalue weighted by molar-refractivity contribution is 0.100. The number of benzene rings is 2. The Bertz CT molecular complexity index is 616. The van der Waals surface area contributed by atoms with E-state index in [0.29, 0.717) is 11.6 Å². The second-order valence-corrected chi connectivity index (χ2v) is 4.41. The van der Waals surface area contributed by atoms with Crippen LogP contribution < -0.4 is 11.1 Å². The number of primary amides is 1. The first-order valence-corrected chi connectivity index (χ1v) is 6.02. The van der Waals surface area contributed by atoms with Crippen LogP contribution in [-0.4, -0.2) is 5.91 Å². The molecule has 0 aromatic heterocycles. The molecule has 2 aromatic rings. The molecule has 0 saturated carbocycles. The van der Waals surface area contributed by atoms with E-state index in [1.807, 2.05) is 18.2 Å². The van der Waals surface area contributed by atoms with Crippen molar-refractivity contribution in [2.75, 3.05) is 5.32 Å². The van der Waals surface area contributed by atoms with Crippen molar-refractivity contribution in [3.63, 3.8) is 0 Å². The molecule has 0 unspecified atom stereocenters. The zero-order valence-electron chi connectivity index (χ0n) is 9.99. The Balaban J connectivity index is 2.17. The molecular weight excluding hydrogens is 267 g/mol. The predicted molar refractivity (Wildman–Crippen MR) is 73.7 cm³/mol. The molecule has 0 spiro atoms. The van der Waals surface area contributed by atoms with Gasteiger partial charge in [-0.25, -0.2) is 4.39 Å². The van der Waals surface area contributed by atoms with Gasteiger partial charge in [0.2, 0.25) is 5.91 Å². The van der Waals surface area contributed by atoms with Crippen molar-refractivity contribution < 1.29 is 9.18 Å². The summed E-state index contributed by atoms with van der Waals surface area (Å²) in [6, 6.07) is 11.2. The summed E-state index contributed by atoms with van der Waals surface area (Å²) in [6.07, 6.45) is 0. The SMILES string of the molecule is NC(=O)c1ccc(F)c(NCc2ccccc2Cl)c1. The third-order valence-corrected chi connectivity index (χ3v) is 3.05. The molecule has 0 heterocycles. The van der Waals surface area contributed by atoms with Crippen molar-refractivity contribution >= 4 is 23.2 Å². The second kappa shape index (κ2) is 5.71. The molecule has 2 rings (SSSR count). The van der Waals surface area contributed by atoms with Gasteiger partial charge >= 0.3 is 0 Å². The lowest BCUT2D eigenvalue weighted by Gasteiger charge is -2.09. The summed E-state index contributed by atoms with van der Waals surface area (Å²) in [5, 5.41) is 3.50. The number of halogens is 2. The van der Waals surface area contributed by atoms with Gasteiger partial charge in [-0.15, -0.1) is 0 Å². The Hall–Kier alpha value is -2.07. The zero-order valence-corrected chi connectivity index (χ0v) is 10.7. The first-order valence-electron chi connectivity index (χ1n) is 5.64. The molecule has 19 heavy (non-hydrogen) atoms. The molecule has 3 nitrogen and oxygen atoms in total. The average Bonchev–Trinajstić information content (AvgIpc) is 2.39. The van der Waals surface area contributed by atoms with Crippen molar-refractivity contribution in [1.82, 2.24) is 0 Å². The van der Waals surface area contributed by atoms with Gasteiger partial charge in [-0.2, -0.15) is 0 Å². The largest absolute Gasteiger partial charge is 0.379 e. The van der Waals surface area contributed by atoms with E-state index in [1.165, 1.54) is 18.2 Å². The van der Waals surface area contributed by atoms with E-state index in [9.17, 15) is 9.18 Å². The molecule has 3 N–H and O–H groups in total. The standard InChI is InChI=1S/C14H12ClFN2O/c15-11-4-2-1-3-10(11)8-18-13-7-9(14(17)19)5-6-12(13)16/h1-7,18H,8H2,(H2,17,19). The number of carbonyl (C=O) groups is 1. The third kappa shape index (κ3) is 3.23. The zero-order chi connectivity index (χ0) is 13.8. The van der Waals surface area contributed by atoms with Crippen LogP contribution in [-0.2, 0) is 6.54 Å². The fraction of sp³-hybridized carbons (Fsp3) is 0.0714. The lowest BCUT2D eigenvalue weighted by atomic mass is 10.1. The van der Waals surface area contributed by atoms with E-state index in [2.05, 4.69) is 5.32 Å². The topological polar surface area (TPSA) is 55.1 Å². The molecule has 0 bridgehead atoms. The van der Waals surface area contributed by atoms with Gasteiger partial charge in [0.15, 0.2) is 0 Å². The minimum atomic E-state index is -0.596. The summed E-state index contributed by atoms with van der Waals surface area (Å²) in [7, 11) is 0. The molecule has 1 amide bonds. The number of nitrogens with two attached hydrogens (primary N) is 1. The molecule has 0 aliphatic carbocycles. The quantitative estimate of drug-likeness (QED) is 0.902. The minimum absolute atomic E-state index is 0.219. The van der Waals surface area contributed by atoms with Crippen LogP contribution in [0.3, 0.4) is 0 Å².